The predicted molar refractivity (Wildman–Crippen MR) is 118 cm³/mol. The van der Waals surface area contributed by atoms with E-state index >= 15 is 0 Å². The first kappa shape index (κ1) is 19.5. The van der Waals surface area contributed by atoms with Crippen LogP contribution in [0.4, 0.5) is 5.13 Å². The number of anilines is 1. The number of ether oxygens (including phenoxy) is 1. The number of nitrogens with zero attached hydrogens (tertiary/aromatic N) is 1. The van der Waals surface area contributed by atoms with E-state index < -0.39 is 0 Å². The van der Waals surface area contributed by atoms with Crippen molar-refractivity contribution in [3.63, 3.8) is 0 Å². The summed E-state index contributed by atoms with van der Waals surface area (Å²) in [6, 6.07) is 9.95. The lowest BCUT2D eigenvalue weighted by atomic mass is 9.95. The molecule has 1 amide bonds. The molecule has 2 heterocycles. The summed E-state index contributed by atoms with van der Waals surface area (Å²) in [5.74, 6) is 1.12. The predicted octanol–water partition coefficient (Wildman–Crippen LogP) is 6.05. The van der Waals surface area contributed by atoms with Crippen LogP contribution in [0.3, 0.4) is 0 Å². The quantitative estimate of drug-likeness (QED) is 0.421. The van der Waals surface area contributed by atoms with Crippen molar-refractivity contribution in [2.24, 2.45) is 0 Å². The highest BCUT2D eigenvalue weighted by Crippen LogP contribution is 2.31. The van der Waals surface area contributed by atoms with Crippen molar-refractivity contribution in [3.8, 4) is 5.75 Å². The van der Waals surface area contributed by atoms with Gasteiger partial charge < -0.3 is 14.5 Å². The first-order valence-corrected chi connectivity index (χ1v) is 10.6. The topological polar surface area (TPSA) is 64.4 Å². The maximum atomic E-state index is 12.6. The fraction of sp³-hybridized carbons (Fsp3) is 0.304. The highest BCUT2D eigenvalue weighted by molar-refractivity contribution is 7.22. The molecule has 0 aliphatic carbocycles. The Bertz CT molecular complexity index is 1190. The van der Waals surface area contributed by atoms with Crippen molar-refractivity contribution >= 4 is 43.6 Å². The first-order chi connectivity index (χ1) is 13.9. The molecule has 6 heteroatoms. The molecule has 0 fully saturated rings. The van der Waals surface area contributed by atoms with E-state index in [0.717, 1.165) is 32.5 Å². The number of aryl methyl sites for hydroxylation is 1. The summed E-state index contributed by atoms with van der Waals surface area (Å²) in [7, 11) is 0. The lowest BCUT2D eigenvalue weighted by Gasteiger charge is -2.09. The molecule has 150 valence electrons. The number of furan rings is 1. The number of rotatable bonds is 6. The molecule has 0 saturated carbocycles. The monoisotopic (exact) mass is 408 g/mol. The second-order valence-corrected chi connectivity index (χ2v) is 8.46. The van der Waals surface area contributed by atoms with Crippen LogP contribution in [0.5, 0.6) is 5.75 Å². The van der Waals surface area contributed by atoms with Gasteiger partial charge in [-0.05, 0) is 61.2 Å². The van der Waals surface area contributed by atoms with Crippen LogP contribution in [-0.4, -0.2) is 17.5 Å². The van der Waals surface area contributed by atoms with Crippen LogP contribution in [0.1, 0.15) is 43.4 Å². The highest BCUT2D eigenvalue weighted by Gasteiger charge is 2.15. The van der Waals surface area contributed by atoms with Crippen LogP contribution >= 0.6 is 11.3 Å². The molecule has 0 aliphatic rings. The van der Waals surface area contributed by atoms with Gasteiger partial charge in [-0.25, -0.2) is 4.98 Å². The third kappa shape index (κ3) is 3.98. The third-order valence-electron chi connectivity index (χ3n) is 4.93. The van der Waals surface area contributed by atoms with Crippen molar-refractivity contribution in [1.82, 2.24) is 4.98 Å². The molecule has 4 rings (SSSR count). The summed E-state index contributed by atoms with van der Waals surface area (Å²) in [6.07, 6.45) is 1.92. The average Bonchev–Trinajstić information content (AvgIpc) is 3.23. The zero-order chi connectivity index (χ0) is 20.5. The van der Waals surface area contributed by atoms with E-state index in [1.54, 1.807) is 6.26 Å². The Morgan fingerprint density at radius 1 is 1.28 bits per heavy atom. The van der Waals surface area contributed by atoms with E-state index in [9.17, 15) is 4.79 Å². The van der Waals surface area contributed by atoms with E-state index in [-0.39, 0.29) is 12.3 Å². The number of aromatic nitrogens is 1. The lowest BCUT2D eigenvalue weighted by Crippen LogP contribution is -2.13. The molecule has 4 aromatic rings. The summed E-state index contributed by atoms with van der Waals surface area (Å²) >= 11 is 1.44. The zero-order valence-corrected chi connectivity index (χ0v) is 17.9. The molecule has 0 aliphatic heterocycles. The van der Waals surface area contributed by atoms with Gasteiger partial charge in [0.15, 0.2) is 5.13 Å². The summed E-state index contributed by atoms with van der Waals surface area (Å²) in [5, 5.41) is 4.51. The molecule has 2 aromatic heterocycles. The van der Waals surface area contributed by atoms with Crippen LogP contribution in [0.25, 0.3) is 21.2 Å². The number of hydrogen-bond donors (Lipinski definition) is 1. The van der Waals surface area contributed by atoms with Crippen LogP contribution in [0.2, 0.25) is 0 Å². The molecule has 0 spiro atoms. The van der Waals surface area contributed by atoms with Gasteiger partial charge in [-0.3, -0.25) is 4.79 Å². The van der Waals surface area contributed by atoms with Crippen molar-refractivity contribution in [2.75, 3.05) is 11.9 Å². The average molecular weight is 409 g/mol. The first-order valence-electron chi connectivity index (χ1n) is 9.78. The fourth-order valence-electron chi connectivity index (χ4n) is 3.55. The molecule has 0 saturated heterocycles. The smallest absolute Gasteiger partial charge is 0.230 e. The van der Waals surface area contributed by atoms with Crippen molar-refractivity contribution in [1.29, 1.82) is 0 Å². The Kier molecular flexibility index (Phi) is 5.28. The van der Waals surface area contributed by atoms with Gasteiger partial charge in [-0.1, -0.05) is 25.2 Å². The largest absolute Gasteiger partial charge is 0.494 e. The van der Waals surface area contributed by atoms with E-state index in [2.05, 4.69) is 43.2 Å². The van der Waals surface area contributed by atoms with Crippen LogP contribution in [0.15, 0.2) is 41.0 Å². The van der Waals surface area contributed by atoms with E-state index in [0.29, 0.717) is 17.7 Å². The molecule has 29 heavy (non-hydrogen) atoms. The lowest BCUT2D eigenvalue weighted by molar-refractivity contribution is -0.115. The van der Waals surface area contributed by atoms with Gasteiger partial charge >= 0.3 is 0 Å². The van der Waals surface area contributed by atoms with Crippen LogP contribution < -0.4 is 10.1 Å². The van der Waals surface area contributed by atoms with Crippen molar-refractivity contribution in [2.45, 2.75) is 40.0 Å². The van der Waals surface area contributed by atoms with Gasteiger partial charge in [0.1, 0.15) is 11.3 Å². The summed E-state index contributed by atoms with van der Waals surface area (Å²) in [4.78, 5) is 17.1. The van der Waals surface area contributed by atoms with E-state index in [1.807, 2.05) is 25.1 Å². The molecular formula is C23H24N2O3S. The number of amides is 1. The number of thiazole rings is 1. The van der Waals surface area contributed by atoms with Gasteiger partial charge in [-0.2, -0.15) is 0 Å². The Morgan fingerprint density at radius 2 is 2.10 bits per heavy atom. The molecule has 2 aromatic carbocycles. The number of carbonyl (C=O) groups excluding carboxylic acids is 1. The van der Waals surface area contributed by atoms with Gasteiger partial charge in [0.05, 0.1) is 29.5 Å². The summed E-state index contributed by atoms with van der Waals surface area (Å²) in [6.45, 7) is 9.00. The molecule has 0 radical (unpaired) electrons. The van der Waals surface area contributed by atoms with E-state index in [1.165, 1.54) is 22.5 Å². The van der Waals surface area contributed by atoms with Crippen LogP contribution in [0, 0.1) is 6.92 Å². The molecule has 5 nitrogen and oxygen atoms in total. The third-order valence-corrected chi connectivity index (χ3v) is 5.87. The number of nitrogens with one attached hydrogen (secondary N) is 1. The molecule has 0 unspecified atom stereocenters. The minimum atomic E-state index is -0.108. The fourth-order valence-corrected chi connectivity index (χ4v) is 4.47. The minimum Gasteiger partial charge on any atom is -0.494 e. The summed E-state index contributed by atoms with van der Waals surface area (Å²) in [5.41, 5.74) is 5.03. The van der Waals surface area contributed by atoms with Crippen molar-refractivity contribution in [3.05, 3.63) is 53.3 Å². The second-order valence-electron chi connectivity index (χ2n) is 7.43. The maximum Gasteiger partial charge on any atom is 0.230 e. The van der Waals surface area contributed by atoms with Crippen molar-refractivity contribution < 1.29 is 13.9 Å². The second kappa shape index (κ2) is 7.87. The molecule has 1 N–H and O–H groups in total. The van der Waals surface area contributed by atoms with Gasteiger partial charge in [0.2, 0.25) is 5.91 Å². The minimum absolute atomic E-state index is 0.108. The van der Waals surface area contributed by atoms with Gasteiger partial charge in [0, 0.05) is 10.9 Å². The number of carbonyl (C=O) groups is 1. The van der Waals surface area contributed by atoms with Gasteiger partial charge in [-0.15, -0.1) is 0 Å². The summed E-state index contributed by atoms with van der Waals surface area (Å²) < 4.78 is 12.2. The maximum absolute atomic E-state index is 12.6. The Hall–Kier alpha value is -2.86. The van der Waals surface area contributed by atoms with Gasteiger partial charge in [0.25, 0.3) is 0 Å². The van der Waals surface area contributed by atoms with Crippen LogP contribution in [-0.2, 0) is 11.2 Å². The zero-order valence-electron chi connectivity index (χ0n) is 17.0. The molecular weight excluding hydrogens is 384 g/mol. The highest BCUT2D eigenvalue weighted by atomic mass is 32.1. The number of hydrogen-bond acceptors (Lipinski definition) is 5. The Morgan fingerprint density at radius 3 is 2.86 bits per heavy atom. The Labute approximate surface area is 173 Å². The normalized spacial score (nSPS) is 11.5. The van der Waals surface area contributed by atoms with E-state index in [4.69, 9.17) is 9.15 Å². The number of fused-ring (bicyclic) bond motifs is 2. The standard InChI is InChI=1S/C23H24N2O3S/c1-5-27-16-6-7-19-21(10-16)29-23(24-19)25-22(26)9-15-12-28-20-8-14(4)17(13(2)3)11-18(15)20/h6-8,10-13H,5,9H2,1-4H3,(H,24,25,26). The molecule has 0 atom stereocenters. The Balaban J connectivity index is 1.54. The molecule has 0 bridgehead atoms. The number of benzene rings is 2. The SMILES string of the molecule is CCOc1ccc2nc(NC(=O)Cc3coc4cc(C)c(C(C)C)cc34)sc2c1.